The molecule has 0 radical (unpaired) electrons. The van der Waals surface area contributed by atoms with Crippen molar-refractivity contribution in [2.24, 2.45) is 5.92 Å². The fourth-order valence-corrected chi connectivity index (χ4v) is 2.18. The van der Waals surface area contributed by atoms with Crippen LogP contribution in [0.1, 0.15) is 33.6 Å². The van der Waals surface area contributed by atoms with Gasteiger partial charge in [-0.3, -0.25) is 4.79 Å². The lowest BCUT2D eigenvalue weighted by Crippen LogP contribution is -2.44. The van der Waals surface area contributed by atoms with Crippen molar-refractivity contribution in [3.8, 4) is 0 Å². The number of carbonyl (C=O) groups excluding carboxylic acids is 1. The fourth-order valence-electron chi connectivity index (χ4n) is 2.13. The molecule has 1 saturated heterocycles. The highest BCUT2D eigenvalue weighted by Gasteiger charge is 2.35. The largest absolute Gasteiger partial charge is 0.459 e. The number of ether oxygens (including phenoxy) is 1. The Balaban J connectivity index is 2.53. The lowest BCUT2D eigenvalue weighted by atomic mass is 9.83. The van der Waals surface area contributed by atoms with Gasteiger partial charge >= 0.3 is 5.97 Å². The van der Waals surface area contributed by atoms with Gasteiger partial charge in [-0.2, -0.15) is 12.6 Å². The van der Waals surface area contributed by atoms with E-state index in [2.05, 4.69) is 24.6 Å². The van der Waals surface area contributed by atoms with Crippen LogP contribution in [0, 0.1) is 5.92 Å². The van der Waals surface area contributed by atoms with Gasteiger partial charge in [0.25, 0.3) is 0 Å². The van der Waals surface area contributed by atoms with Gasteiger partial charge in [-0.1, -0.05) is 0 Å². The second-order valence-corrected chi connectivity index (χ2v) is 6.05. The number of nitrogens with zero attached hydrogens (tertiary/aromatic N) is 1. The first-order valence-electron chi connectivity index (χ1n) is 5.92. The molecule has 0 spiro atoms. The third kappa shape index (κ3) is 3.67. The van der Waals surface area contributed by atoms with Crippen LogP contribution in [0.2, 0.25) is 0 Å². The normalized spacial score (nSPS) is 21.8. The molecular formula is C12H23NO2S. The van der Waals surface area contributed by atoms with E-state index in [4.69, 9.17) is 4.74 Å². The van der Waals surface area contributed by atoms with Crippen molar-refractivity contribution in [2.45, 2.75) is 44.5 Å². The van der Waals surface area contributed by atoms with Crippen LogP contribution in [0.4, 0.5) is 0 Å². The Morgan fingerprint density at radius 2 is 1.94 bits per heavy atom. The summed E-state index contributed by atoms with van der Waals surface area (Å²) in [5.41, 5.74) is -0.366. The summed E-state index contributed by atoms with van der Waals surface area (Å²) in [6.45, 7) is 7.94. The van der Waals surface area contributed by atoms with Gasteiger partial charge in [0.05, 0.1) is 5.25 Å². The van der Waals surface area contributed by atoms with Crippen molar-refractivity contribution in [3.05, 3.63) is 0 Å². The molecule has 1 unspecified atom stereocenters. The summed E-state index contributed by atoms with van der Waals surface area (Å²) < 4.78 is 5.54. The smallest absolute Gasteiger partial charge is 0.319 e. The summed E-state index contributed by atoms with van der Waals surface area (Å²) in [5.74, 6) is 0.243. The molecule has 0 aromatic rings. The highest BCUT2D eigenvalue weighted by Crippen LogP contribution is 2.31. The predicted octanol–water partition coefficient (Wildman–Crippen LogP) is 1.97. The van der Waals surface area contributed by atoms with Gasteiger partial charge in [0.1, 0.15) is 5.60 Å². The highest BCUT2D eigenvalue weighted by molar-refractivity contribution is 7.81. The third-order valence-electron chi connectivity index (χ3n) is 3.41. The molecule has 0 aromatic heterocycles. The Labute approximate surface area is 104 Å². The van der Waals surface area contributed by atoms with Gasteiger partial charge in [0, 0.05) is 5.92 Å². The molecule has 1 aliphatic rings. The van der Waals surface area contributed by atoms with E-state index in [1.54, 1.807) is 6.92 Å². The second kappa shape index (κ2) is 5.41. The average Bonchev–Trinajstić information content (AvgIpc) is 2.17. The molecule has 1 fully saturated rings. The monoisotopic (exact) mass is 245 g/mol. The van der Waals surface area contributed by atoms with Gasteiger partial charge < -0.3 is 9.64 Å². The van der Waals surface area contributed by atoms with E-state index in [9.17, 15) is 4.79 Å². The first kappa shape index (κ1) is 13.8. The molecule has 1 aliphatic heterocycles. The van der Waals surface area contributed by atoms with Gasteiger partial charge in [-0.05, 0) is 53.8 Å². The SMILES string of the molecule is CC(S)C(=O)OC(C)(C)C1CCN(C)CC1. The summed E-state index contributed by atoms with van der Waals surface area (Å²) in [5, 5.41) is -0.342. The number of piperidine rings is 1. The molecule has 0 bridgehead atoms. The lowest BCUT2D eigenvalue weighted by Gasteiger charge is -2.39. The summed E-state index contributed by atoms with van der Waals surface area (Å²) in [7, 11) is 2.13. The zero-order chi connectivity index (χ0) is 12.3. The summed E-state index contributed by atoms with van der Waals surface area (Å²) in [6.07, 6.45) is 2.19. The van der Waals surface area contributed by atoms with Crippen LogP contribution in [-0.2, 0) is 9.53 Å². The molecule has 0 amide bonds. The predicted molar refractivity (Wildman–Crippen MR) is 68.8 cm³/mol. The number of rotatable bonds is 3. The maximum atomic E-state index is 11.6. The number of thiol groups is 1. The van der Waals surface area contributed by atoms with Gasteiger partial charge in [0.2, 0.25) is 0 Å². The van der Waals surface area contributed by atoms with Crippen LogP contribution < -0.4 is 0 Å². The molecule has 3 nitrogen and oxygen atoms in total. The maximum Gasteiger partial charge on any atom is 0.319 e. The van der Waals surface area contributed by atoms with Crippen molar-refractivity contribution in [3.63, 3.8) is 0 Å². The standard InChI is InChI=1S/C12H23NO2S/c1-9(16)11(14)15-12(2,3)10-5-7-13(4)8-6-10/h9-10,16H,5-8H2,1-4H3. The van der Waals surface area contributed by atoms with E-state index in [0.29, 0.717) is 5.92 Å². The zero-order valence-electron chi connectivity index (χ0n) is 10.7. The molecule has 1 rings (SSSR count). The zero-order valence-corrected chi connectivity index (χ0v) is 11.6. The molecule has 94 valence electrons. The second-order valence-electron chi connectivity index (χ2n) is 5.28. The van der Waals surface area contributed by atoms with E-state index >= 15 is 0 Å². The van der Waals surface area contributed by atoms with Crippen LogP contribution in [0.15, 0.2) is 0 Å². The van der Waals surface area contributed by atoms with Crippen LogP contribution in [-0.4, -0.2) is 41.9 Å². The average molecular weight is 245 g/mol. The Kier molecular flexibility index (Phi) is 4.68. The van der Waals surface area contributed by atoms with Gasteiger partial charge in [0.15, 0.2) is 0 Å². The number of likely N-dealkylation sites (tertiary alicyclic amines) is 1. The highest BCUT2D eigenvalue weighted by atomic mass is 32.1. The van der Waals surface area contributed by atoms with Crippen LogP contribution in [0.3, 0.4) is 0 Å². The molecule has 16 heavy (non-hydrogen) atoms. The summed E-state index contributed by atoms with van der Waals surface area (Å²) >= 11 is 4.10. The quantitative estimate of drug-likeness (QED) is 0.609. The molecule has 0 N–H and O–H groups in total. The first-order valence-corrected chi connectivity index (χ1v) is 6.44. The minimum atomic E-state index is -0.366. The van der Waals surface area contributed by atoms with E-state index in [1.807, 2.05) is 13.8 Å². The van der Waals surface area contributed by atoms with Gasteiger partial charge in [-0.25, -0.2) is 0 Å². The topological polar surface area (TPSA) is 29.5 Å². The van der Waals surface area contributed by atoms with Crippen molar-refractivity contribution in [1.29, 1.82) is 0 Å². The van der Waals surface area contributed by atoms with Crippen molar-refractivity contribution < 1.29 is 9.53 Å². The molecule has 4 heteroatoms. The van der Waals surface area contributed by atoms with E-state index in [1.165, 1.54) is 0 Å². The van der Waals surface area contributed by atoms with Crippen LogP contribution in [0.5, 0.6) is 0 Å². The molecular weight excluding hydrogens is 222 g/mol. The molecule has 0 aliphatic carbocycles. The minimum Gasteiger partial charge on any atom is -0.459 e. The Hall–Kier alpha value is -0.220. The van der Waals surface area contributed by atoms with Crippen LogP contribution >= 0.6 is 12.6 Å². The molecule has 1 atom stereocenters. The summed E-state index contributed by atoms with van der Waals surface area (Å²) in [6, 6.07) is 0. The maximum absolute atomic E-state index is 11.6. The molecule has 0 saturated carbocycles. The number of hydrogen-bond donors (Lipinski definition) is 1. The Morgan fingerprint density at radius 1 is 1.44 bits per heavy atom. The molecule has 0 aromatic carbocycles. The van der Waals surface area contributed by atoms with E-state index < -0.39 is 0 Å². The van der Waals surface area contributed by atoms with E-state index in [0.717, 1.165) is 25.9 Å². The minimum absolute atomic E-state index is 0.215. The van der Waals surface area contributed by atoms with Gasteiger partial charge in [-0.15, -0.1) is 0 Å². The first-order chi connectivity index (χ1) is 7.33. The van der Waals surface area contributed by atoms with E-state index in [-0.39, 0.29) is 16.8 Å². The van der Waals surface area contributed by atoms with Crippen molar-refractivity contribution in [1.82, 2.24) is 4.90 Å². The third-order valence-corrected chi connectivity index (χ3v) is 3.62. The summed E-state index contributed by atoms with van der Waals surface area (Å²) in [4.78, 5) is 13.9. The molecule has 1 heterocycles. The number of carbonyl (C=O) groups is 1. The van der Waals surface area contributed by atoms with Crippen molar-refractivity contribution in [2.75, 3.05) is 20.1 Å². The lowest BCUT2D eigenvalue weighted by molar-refractivity contribution is -0.162. The Bertz CT molecular complexity index is 245. The Morgan fingerprint density at radius 3 is 2.38 bits per heavy atom. The van der Waals surface area contributed by atoms with Crippen molar-refractivity contribution >= 4 is 18.6 Å². The number of hydrogen-bond acceptors (Lipinski definition) is 4. The fraction of sp³-hybridized carbons (Fsp3) is 0.917. The number of esters is 1. The van der Waals surface area contributed by atoms with Crippen LogP contribution in [0.25, 0.3) is 0 Å².